The molecule has 1 aliphatic rings. The Morgan fingerprint density at radius 1 is 1.18 bits per heavy atom. The van der Waals surface area contributed by atoms with Gasteiger partial charge < -0.3 is 19.7 Å². The van der Waals surface area contributed by atoms with Gasteiger partial charge in [0.1, 0.15) is 17.2 Å². The van der Waals surface area contributed by atoms with Crippen molar-refractivity contribution >= 4 is 22.8 Å². The van der Waals surface area contributed by atoms with Crippen LogP contribution in [0.15, 0.2) is 47.1 Å². The Kier molecular flexibility index (Phi) is 8.21. The predicted molar refractivity (Wildman–Crippen MR) is 117 cm³/mol. The maximum Gasteiger partial charge on any atom is 0.490 e. The fourth-order valence-corrected chi connectivity index (χ4v) is 3.55. The smallest absolute Gasteiger partial charge is 0.475 e. The molecule has 8 nitrogen and oxygen atoms in total. The predicted octanol–water partition coefficient (Wildman–Crippen LogP) is 3.99. The first-order chi connectivity index (χ1) is 16.2. The molecule has 0 unspecified atom stereocenters. The van der Waals surface area contributed by atoms with E-state index in [-0.39, 0.29) is 5.91 Å². The number of rotatable bonds is 5. The van der Waals surface area contributed by atoms with Crippen LogP contribution in [0, 0.1) is 0 Å². The molecule has 1 aromatic carbocycles. The van der Waals surface area contributed by atoms with Gasteiger partial charge in [-0.05, 0) is 45.0 Å². The van der Waals surface area contributed by atoms with Crippen LogP contribution in [0.4, 0.5) is 13.2 Å². The van der Waals surface area contributed by atoms with Crippen molar-refractivity contribution in [3.05, 3.63) is 59.9 Å². The van der Waals surface area contributed by atoms with Gasteiger partial charge in [-0.15, -0.1) is 0 Å². The maximum absolute atomic E-state index is 12.9. The van der Waals surface area contributed by atoms with Gasteiger partial charge >= 0.3 is 12.1 Å². The molecular weight excluding hydrogens is 453 g/mol. The molecule has 3 aromatic rings. The number of carbonyl (C=O) groups is 2. The van der Waals surface area contributed by atoms with E-state index in [1.165, 1.54) is 0 Å². The van der Waals surface area contributed by atoms with Crippen LogP contribution in [-0.4, -0.2) is 57.7 Å². The summed E-state index contributed by atoms with van der Waals surface area (Å²) in [6, 6.07) is 9.85. The van der Waals surface area contributed by atoms with Gasteiger partial charge in [0, 0.05) is 30.2 Å². The van der Waals surface area contributed by atoms with E-state index in [2.05, 4.69) is 15.3 Å². The Balaban J connectivity index is 0.000000406. The lowest BCUT2D eigenvalue weighted by atomic mass is 9.97. The zero-order valence-corrected chi connectivity index (χ0v) is 18.5. The fraction of sp³-hybridized carbons (Fsp3) is 0.391. The first kappa shape index (κ1) is 25.2. The second-order valence-electron chi connectivity index (χ2n) is 7.73. The number of aliphatic carboxylic acids is 1. The Hall–Kier alpha value is -3.47. The van der Waals surface area contributed by atoms with E-state index < -0.39 is 12.1 Å². The lowest BCUT2D eigenvalue weighted by molar-refractivity contribution is -0.192. The van der Waals surface area contributed by atoms with Crippen LogP contribution in [0.2, 0.25) is 0 Å². The number of hydrogen-bond acceptors (Lipinski definition) is 6. The van der Waals surface area contributed by atoms with Crippen molar-refractivity contribution in [2.45, 2.75) is 38.4 Å². The van der Waals surface area contributed by atoms with Crippen molar-refractivity contribution in [3.8, 4) is 0 Å². The summed E-state index contributed by atoms with van der Waals surface area (Å²) in [7, 11) is 0. The van der Waals surface area contributed by atoms with E-state index in [0.717, 1.165) is 48.5 Å². The summed E-state index contributed by atoms with van der Waals surface area (Å²) in [5, 5.41) is 11.5. The second-order valence-corrected chi connectivity index (χ2v) is 7.73. The number of carbonyl (C=O) groups excluding carboxylic acids is 1. The van der Waals surface area contributed by atoms with Crippen LogP contribution in [-0.2, 0) is 11.3 Å². The molecule has 11 heteroatoms. The van der Waals surface area contributed by atoms with Crippen LogP contribution in [0.1, 0.15) is 47.6 Å². The highest BCUT2D eigenvalue weighted by atomic mass is 19.4. The van der Waals surface area contributed by atoms with Crippen molar-refractivity contribution in [3.63, 3.8) is 0 Å². The van der Waals surface area contributed by atoms with Crippen LogP contribution in [0.25, 0.3) is 11.0 Å². The van der Waals surface area contributed by atoms with Crippen molar-refractivity contribution in [2.24, 2.45) is 0 Å². The topological polar surface area (TPSA) is 109 Å². The minimum Gasteiger partial charge on any atom is -0.475 e. The average Bonchev–Trinajstić information content (AvgIpc) is 3.25. The molecule has 0 saturated carbocycles. The van der Waals surface area contributed by atoms with Crippen LogP contribution < -0.4 is 5.32 Å². The molecule has 0 bridgehead atoms. The summed E-state index contributed by atoms with van der Waals surface area (Å²) in [6.07, 6.45) is 0.322. The van der Waals surface area contributed by atoms with Gasteiger partial charge in [0.25, 0.3) is 5.91 Å². The average molecular weight is 478 g/mol. The molecule has 4 rings (SSSR count). The lowest BCUT2D eigenvalue weighted by Crippen LogP contribution is -2.31. The third-order valence-corrected chi connectivity index (χ3v) is 5.36. The quantitative estimate of drug-likeness (QED) is 0.571. The number of carboxylic acid groups (broad SMARTS) is 1. The molecular formula is C23H25F3N4O4. The molecule has 1 fully saturated rings. The van der Waals surface area contributed by atoms with Gasteiger partial charge in [0.2, 0.25) is 0 Å². The summed E-state index contributed by atoms with van der Waals surface area (Å²) in [5.41, 5.74) is 1.36. The minimum atomic E-state index is -5.08. The van der Waals surface area contributed by atoms with Gasteiger partial charge in [0.05, 0.1) is 12.1 Å². The molecule has 0 aliphatic carbocycles. The van der Waals surface area contributed by atoms with Gasteiger partial charge in [0.15, 0.2) is 0 Å². The van der Waals surface area contributed by atoms with E-state index >= 15 is 0 Å². The largest absolute Gasteiger partial charge is 0.490 e. The van der Waals surface area contributed by atoms with Crippen LogP contribution >= 0.6 is 0 Å². The number of nitrogens with one attached hydrogen (secondary N) is 1. The number of fused-ring (bicyclic) bond motifs is 1. The van der Waals surface area contributed by atoms with Gasteiger partial charge in [-0.1, -0.05) is 18.2 Å². The van der Waals surface area contributed by atoms with Gasteiger partial charge in [-0.3, -0.25) is 4.79 Å². The Labute approximate surface area is 193 Å². The molecule has 2 aromatic heterocycles. The highest BCUT2D eigenvalue weighted by Gasteiger charge is 2.38. The molecule has 182 valence electrons. The molecule has 1 amide bonds. The second kappa shape index (κ2) is 11.1. The maximum atomic E-state index is 12.9. The van der Waals surface area contributed by atoms with E-state index in [1.807, 2.05) is 37.3 Å². The number of para-hydroxylation sites is 1. The highest BCUT2D eigenvalue weighted by molar-refractivity contribution is 5.93. The molecule has 0 atom stereocenters. The first-order valence-electron chi connectivity index (χ1n) is 10.8. The number of benzene rings is 1. The SMILES string of the molecule is CCN(Cc1cc2ccccc2o1)C(=O)c1cnc(C2CCNCC2)nc1.O=C(O)C(F)(F)F. The number of furan rings is 1. The number of carboxylic acids is 1. The van der Waals surface area contributed by atoms with E-state index in [0.29, 0.717) is 24.6 Å². The molecule has 1 saturated heterocycles. The van der Waals surface area contributed by atoms with Crippen LogP contribution in [0.3, 0.4) is 0 Å². The molecule has 34 heavy (non-hydrogen) atoms. The van der Waals surface area contributed by atoms with Gasteiger partial charge in [-0.2, -0.15) is 13.2 Å². The number of amides is 1. The third-order valence-electron chi connectivity index (χ3n) is 5.36. The summed E-state index contributed by atoms with van der Waals surface area (Å²) >= 11 is 0. The number of nitrogens with zero attached hydrogens (tertiary/aromatic N) is 3. The van der Waals surface area contributed by atoms with Crippen molar-refractivity contribution in [1.82, 2.24) is 20.2 Å². The van der Waals surface area contributed by atoms with Crippen molar-refractivity contribution < 1.29 is 32.3 Å². The first-order valence-corrected chi connectivity index (χ1v) is 10.8. The number of halogens is 3. The molecule has 0 radical (unpaired) electrons. The molecule has 2 N–H and O–H groups in total. The monoisotopic (exact) mass is 478 g/mol. The molecule has 3 heterocycles. The zero-order chi connectivity index (χ0) is 24.7. The van der Waals surface area contributed by atoms with Gasteiger partial charge in [-0.25, -0.2) is 14.8 Å². The zero-order valence-electron chi connectivity index (χ0n) is 18.5. The Morgan fingerprint density at radius 2 is 1.79 bits per heavy atom. The van der Waals surface area contributed by atoms with Crippen molar-refractivity contribution in [2.75, 3.05) is 19.6 Å². The normalized spacial score (nSPS) is 14.4. The van der Waals surface area contributed by atoms with E-state index in [1.54, 1.807) is 17.3 Å². The summed E-state index contributed by atoms with van der Waals surface area (Å²) in [4.78, 5) is 32.5. The highest BCUT2D eigenvalue weighted by Crippen LogP contribution is 2.23. The summed E-state index contributed by atoms with van der Waals surface area (Å²) in [5.74, 6) is -0.831. The number of hydrogen-bond donors (Lipinski definition) is 2. The summed E-state index contributed by atoms with van der Waals surface area (Å²) < 4.78 is 37.6. The lowest BCUT2D eigenvalue weighted by Gasteiger charge is -2.22. The van der Waals surface area contributed by atoms with Crippen molar-refractivity contribution in [1.29, 1.82) is 0 Å². The number of alkyl halides is 3. The molecule has 1 aliphatic heterocycles. The van der Waals surface area contributed by atoms with E-state index in [4.69, 9.17) is 14.3 Å². The Morgan fingerprint density at radius 3 is 2.35 bits per heavy atom. The number of piperidine rings is 1. The number of aromatic nitrogens is 2. The fourth-order valence-electron chi connectivity index (χ4n) is 3.55. The molecule has 0 spiro atoms. The van der Waals surface area contributed by atoms with E-state index in [9.17, 15) is 18.0 Å². The van der Waals surface area contributed by atoms with Crippen LogP contribution in [0.5, 0.6) is 0 Å². The summed E-state index contributed by atoms with van der Waals surface area (Å²) in [6.45, 7) is 4.97. The Bertz CT molecular complexity index is 1080. The third kappa shape index (κ3) is 6.53. The standard InChI is InChI=1S/C21H24N4O2.C2HF3O2/c1-2-25(14-18-11-16-5-3-4-6-19(16)27-18)21(26)17-12-23-20(24-13-17)15-7-9-22-10-8-15;3-2(4,5)1(6)7/h3-6,11-13,15,22H,2,7-10,14H2,1H3;(H,6,7). The minimum absolute atomic E-state index is 0.0742.